The van der Waals surface area contributed by atoms with Crippen molar-refractivity contribution in [3.63, 3.8) is 0 Å². The normalized spacial score (nSPS) is 22.9. The Labute approximate surface area is 116 Å². The van der Waals surface area contributed by atoms with Crippen molar-refractivity contribution in [3.05, 3.63) is 28.7 Å². The molecule has 0 unspecified atom stereocenters. The van der Waals surface area contributed by atoms with E-state index < -0.39 is 0 Å². The van der Waals surface area contributed by atoms with Crippen LogP contribution in [0, 0.1) is 0 Å². The summed E-state index contributed by atoms with van der Waals surface area (Å²) in [7, 11) is 1.56. The second kappa shape index (κ2) is 5.20. The van der Waals surface area contributed by atoms with E-state index in [-0.39, 0.29) is 17.6 Å². The smallest absolute Gasteiger partial charge is 0.270 e. The molecule has 0 saturated heterocycles. The zero-order chi connectivity index (χ0) is 14.1. The molecule has 2 aromatic heterocycles. The van der Waals surface area contributed by atoms with E-state index in [0.29, 0.717) is 17.0 Å². The number of aromatic nitrogens is 3. The number of nitrogens with two attached hydrogens (primary N) is 1. The molecule has 2 aromatic rings. The van der Waals surface area contributed by atoms with Crippen LogP contribution in [-0.2, 0) is 0 Å². The first-order chi connectivity index (χ1) is 9.69. The Hall–Kier alpha value is -1.95. The van der Waals surface area contributed by atoms with E-state index in [9.17, 15) is 4.79 Å². The van der Waals surface area contributed by atoms with E-state index in [4.69, 9.17) is 10.5 Å². The molecule has 0 spiro atoms. The molecule has 106 valence electrons. The third-order valence-electron chi connectivity index (χ3n) is 3.92. The van der Waals surface area contributed by atoms with Gasteiger partial charge in [0.25, 0.3) is 5.56 Å². The molecule has 20 heavy (non-hydrogen) atoms. The standard InChI is InChI=1S/C14H18N4O2/c1-20-12-7-6-11-14(17-12)18(13(19)8-16-11)10-4-2-9(15)3-5-10/h6-10H,2-5,15H2,1H3. The van der Waals surface area contributed by atoms with Crippen LogP contribution in [0.15, 0.2) is 23.1 Å². The van der Waals surface area contributed by atoms with Crippen LogP contribution in [0.3, 0.4) is 0 Å². The molecule has 0 amide bonds. The molecule has 1 fully saturated rings. The van der Waals surface area contributed by atoms with Crippen molar-refractivity contribution in [3.8, 4) is 5.88 Å². The predicted octanol–water partition coefficient (Wildman–Crippen LogP) is 1.24. The average molecular weight is 274 g/mol. The molecule has 1 saturated carbocycles. The maximum Gasteiger partial charge on any atom is 0.270 e. The summed E-state index contributed by atoms with van der Waals surface area (Å²) in [5.41, 5.74) is 7.13. The summed E-state index contributed by atoms with van der Waals surface area (Å²) in [5.74, 6) is 0.492. The van der Waals surface area contributed by atoms with E-state index in [1.54, 1.807) is 17.7 Å². The summed E-state index contributed by atoms with van der Waals surface area (Å²) < 4.78 is 6.89. The minimum absolute atomic E-state index is 0.112. The molecule has 0 aliphatic heterocycles. The monoisotopic (exact) mass is 274 g/mol. The first-order valence-corrected chi connectivity index (χ1v) is 6.87. The Morgan fingerprint density at radius 2 is 2.05 bits per heavy atom. The summed E-state index contributed by atoms with van der Waals surface area (Å²) in [6, 6.07) is 3.97. The number of nitrogens with zero attached hydrogens (tertiary/aromatic N) is 3. The molecular weight excluding hydrogens is 256 g/mol. The largest absolute Gasteiger partial charge is 0.481 e. The molecule has 6 nitrogen and oxygen atoms in total. The van der Waals surface area contributed by atoms with E-state index in [1.165, 1.54) is 6.20 Å². The average Bonchev–Trinajstić information content (AvgIpc) is 2.48. The third-order valence-corrected chi connectivity index (χ3v) is 3.92. The van der Waals surface area contributed by atoms with E-state index in [2.05, 4.69) is 9.97 Å². The van der Waals surface area contributed by atoms with Gasteiger partial charge in [-0.1, -0.05) is 0 Å². The molecule has 3 rings (SSSR count). The molecule has 0 bridgehead atoms. The summed E-state index contributed by atoms with van der Waals surface area (Å²) in [6.07, 6.45) is 5.04. The number of rotatable bonds is 2. The third kappa shape index (κ3) is 2.27. The fraction of sp³-hybridized carbons (Fsp3) is 0.500. The molecule has 6 heteroatoms. The van der Waals surface area contributed by atoms with Crippen molar-refractivity contribution in [1.82, 2.24) is 14.5 Å². The van der Waals surface area contributed by atoms with Gasteiger partial charge >= 0.3 is 0 Å². The van der Waals surface area contributed by atoms with Crippen molar-refractivity contribution in [2.45, 2.75) is 37.8 Å². The van der Waals surface area contributed by atoms with Crippen molar-refractivity contribution in [2.24, 2.45) is 5.73 Å². The summed E-state index contributed by atoms with van der Waals surface area (Å²) >= 11 is 0. The summed E-state index contributed by atoms with van der Waals surface area (Å²) in [4.78, 5) is 20.7. The van der Waals surface area contributed by atoms with Crippen molar-refractivity contribution < 1.29 is 4.74 Å². The maximum absolute atomic E-state index is 12.2. The zero-order valence-electron chi connectivity index (χ0n) is 11.5. The first kappa shape index (κ1) is 13.1. The first-order valence-electron chi connectivity index (χ1n) is 6.87. The second-order valence-corrected chi connectivity index (χ2v) is 5.23. The molecule has 0 aromatic carbocycles. The molecule has 1 aliphatic rings. The van der Waals surface area contributed by atoms with Gasteiger partial charge in [-0.3, -0.25) is 9.36 Å². The van der Waals surface area contributed by atoms with Gasteiger partial charge in [-0.25, -0.2) is 4.98 Å². The number of pyridine rings is 1. The van der Waals surface area contributed by atoms with E-state index in [0.717, 1.165) is 25.7 Å². The quantitative estimate of drug-likeness (QED) is 0.891. The van der Waals surface area contributed by atoms with Gasteiger partial charge in [0.05, 0.1) is 13.3 Å². The number of hydrogen-bond donors (Lipinski definition) is 1. The van der Waals surface area contributed by atoms with Crippen LogP contribution < -0.4 is 16.0 Å². The highest BCUT2D eigenvalue weighted by Gasteiger charge is 2.22. The van der Waals surface area contributed by atoms with Crippen LogP contribution in [0.1, 0.15) is 31.7 Å². The Kier molecular flexibility index (Phi) is 3.40. The van der Waals surface area contributed by atoms with Gasteiger partial charge < -0.3 is 10.5 Å². The number of ether oxygens (including phenoxy) is 1. The zero-order valence-corrected chi connectivity index (χ0v) is 11.5. The Morgan fingerprint density at radius 3 is 2.75 bits per heavy atom. The minimum Gasteiger partial charge on any atom is -0.481 e. The topological polar surface area (TPSA) is 83.0 Å². The number of methoxy groups -OCH3 is 1. The SMILES string of the molecule is COc1ccc2ncc(=O)n(C3CCC(N)CC3)c2n1. The summed E-state index contributed by atoms with van der Waals surface area (Å²) in [6.45, 7) is 0. The van der Waals surface area contributed by atoms with Crippen LogP contribution >= 0.6 is 0 Å². The predicted molar refractivity (Wildman–Crippen MR) is 75.8 cm³/mol. The van der Waals surface area contributed by atoms with E-state index >= 15 is 0 Å². The lowest BCUT2D eigenvalue weighted by Crippen LogP contribution is -2.32. The van der Waals surface area contributed by atoms with Gasteiger partial charge in [0.1, 0.15) is 5.52 Å². The number of hydrogen-bond acceptors (Lipinski definition) is 5. The molecule has 0 atom stereocenters. The summed E-state index contributed by atoms with van der Waals surface area (Å²) in [5, 5.41) is 0. The van der Waals surface area contributed by atoms with Crippen molar-refractivity contribution >= 4 is 11.2 Å². The van der Waals surface area contributed by atoms with Crippen LogP contribution in [0.2, 0.25) is 0 Å². The lowest BCUT2D eigenvalue weighted by atomic mass is 9.91. The Balaban J connectivity index is 2.12. The molecule has 1 aliphatic carbocycles. The number of fused-ring (bicyclic) bond motifs is 1. The fourth-order valence-electron chi connectivity index (χ4n) is 2.82. The van der Waals surface area contributed by atoms with Gasteiger partial charge in [-0.15, -0.1) is 0 Å². The van der Waals surface area contributed by atoms with Crippen LogP contribution in [0.25, 0.3) is 11.2 Å². The van der Waals surface area contributed by atoms with Crippen LogP contribution in [-0.4, -0.2) is 27.7 Å². The highest BCUT2D eigenvalue weighted by atomic mass is 16.5. The van der Waals surface area contributed by atoms with Gasteiger partial charge in [0, 0.05) is 18.2 Å². The fourth-order valence-corrected chi connectivity index (χ4v) is 2.82. The molecule has 0 radical (unpaired) electrons. The molecular formula is C14H18N4O2. The van der Waals surface area contributed by atoms with Crippen molar-refractivity contribution in [2.75, 3.05) is 7.11 Å². The van der Waals surface area contributed by atoms with Gasteiger partial charge in [-0.2, -0.15) is 4.98 Å². The second-order valence-electron chi connectivity index (χ2n) is 5.23. The van der Waals surface area contributed by atoms with Crippen LogP contribution in [0.4, 0.5) is 0 Å². The van der Waals surface area contributed by atoms with Gasteiger partial charge in [-0.05, 0) is 31.7 Å². The van der Waals surface area contributed by atoms with E-state index in [1.807, 2.05) is 6.07 Å². The lowest BCUT2D eigenvalue weighted by molar-refractivity contribution is 0.322. The highest BCUT2D eigenvalue weighted by Crippen LogP contribution is 2.28. The van der Waals surface area contributed by atoms with Gasteiger partial charge in [0.2, 0.25) is 5.88 Å². The minimum atomic E-state index is -0.112. The molecule has 2 heterocycles. The Morgan fingerprint density at radius 1 is 1.30 bits per heavy atom. The Bertz CT molecular complexity index is 674. The van der Waals surface area contributed by atoms with Crippen molar-refractivity contribution in [1.29, 1.82) is 0 Å². The molecule has 2 N–H and O–H groups in total. The maximum atomic E-state index is 12.2. The van der Waals surface area contributed by atoms with Crippen LogP contribution in [0.5, 0.6) is 5.88 Å². The van der Waals surface area contributed by atoms with Gasteiger partial charge in [0.15, 0.2) is 5.65 Å². The highest BCUT2D eigenvalue weighted by molar-refractivity contribution is 5.70. The lowest BCUT2D eigenvalue weighted by Gasteiger charge is -2.28.